The Labute approximate surface area is 264 Å². The molecule has 0 aliphatic carbocycles. The van der Waals surface area contributed by atoms with Crippen molar-refractivity contribution in [2.75, 3.05) is 24.4 Å². The number of carboxylic acid groups (broad SMARTS) is 1. The number of halogens is 4. The molecule has 2 amide bonds. The molecule has 4 rings (SSSR count). The Balaban J connectivity index is 1.88. The quantitative estimate of drug-likeness (QED) is 0.228. The van der Waals surface area contributed by atoms with E-state index in [2.05, 4.69) is 22.5 Å². The maximum Gasteiger partial charge on any atom is 0.338 e. The molecule has 2 aromatic carbocycles. The first-order valence-corrected chi connectivity index (χ1v) is 14.5. The molecule has 0 bridgehead atoms. The molecule has 0 saturated carbocycles. The summed E-state index contributed by atoms with van der Waals surface area (Å²) in [5.41, 5.74) is -0.884. The van der Waals surface area contributed by atoms with Crippen LogP contribution in [0, 0.1) is 17.2 Å². The Morgan fingerprint density at radius 3 is 2.57 bits per heavy atom. The number of ether oxygens (including phenoxy) is 1. The number of carbonyl (C=O) groups is 3. The average molecular weight is 649 g/mol. The number of alkyl halides is 1. The molecular formula is C32H33Cl2F2N3O5. The van der Waals surface area contributed by atoms with Crippen molar-refractivity contribution in [3.05, 3.63) is 87.7 Å². The second-order valence-electron chi connectivity index (χ2n) is 12.0. The van der Waals surface area contributed by atoms with Gasteiger partial charge < -0.3 is 25.8 Å². The molecule has 8 nitrogen and oxygen atoms in total. The Morgan fingerprint density at radius 2 is 1.95 bits per heavy atom. The molecule has 2 aliphatic rings. The number of rotatable bonds is 9. The van der Waals surface area contributed by atoms with Crippen molar-refractivity contribution >= 4 is 52.4 Å². The van der Waals surface area contributed by atoms with E-state index in [9.17, 15) is 28.3 Å². The number of carboxylic acids is 1. The lowest BCUT2D eigenvalue weighted by atomic mass is 9.62. The highest BCUT2D eigenvalue weighted by molar-refractivity contribution is 6.31. The molecule has 12 heteroatoms. The molecule has 2 heterocycles. The molecule has 44 heavy (non-hydrogen) atoms. The summed E-state index contributed by atoms with van der Waals surface area (Å²) in [7, 11) is 1.26. The zero-order valence-electron chi connectivity index (χ0n) is 24.6. The predicted molar refractivity (Wildman–Crippen MR) is 167 cm³/mol. The number of hydrogen-bond donors (Lipinski definition) is 4. The zero-order valence-corrected chi connectivity index (χ0v) is 26.1. The van der Waals surface area contributed by atoms with E-state index in [0.29, 0.717) is 28.3 Å². The highest BCUT2D eigenvalue weighted by Crippen LogP contribution is 2.55. The highest BCUT2D eigenvalue weighted by Gasteiger charge is 2.65. The van der Waals surface area contributed by atoms with Crippen LogP contribution in [-0.4, -0.2) is 48.8 Å². The number of carbonyl (C=O) groups excluding carboxylic acids is 2. The van der Waals surface area contributed by atoms with E-state index in [-0.39, 0.29) is 27.8 Å². The summed E-state index contributed by atoms with van der Waals surface area (Å²) in [6.45, 7) is 9.38. The van der Waals surface area contributed by atoms with Crippen molar-refractivity contribution in [3.63, 3.8) is 0 Å². The Hall–Kier alpha value is -3.73. The van der Waals surface area contributed by atoms with E-state index in [1.165, 1.54) is 19.3 Å². The van der Waals surface area contributed by atoms with Crippen molar-refractivity contribution in [2.45, 2.75) is 44.7 Å². The lowest BCUT2D eigenvalue weighted by Crippen LogP contribution is -2.50. The van der Waals surface area contributed by atoms with Crippen molar-refractivity contribution in [3.8, 4) is 5.75 Å². The van der Waals surface area contributed by atoms with Crippen LogP contribution in [0.5, 0.6) is 5.75 Å². The van der Waals surface area contributed by atoms with Crippen molar-refractivity contribution in [1.29, 1.82) is 0 Å². The topological polar surface area (TPSA) is 117 Å². The van der Waals surface area contributed by atoms with Gasteiger partial charge in [-0.2, -0.15) is 0 Å². The molecular weight excluding hydrogens is 615 g/mol. The SMILES string of the molecule is C=C(/C=C\C=C(\Cl)CF)[C@H]1[C@H](C(=O)Nc2cc(F)c(C(=O)O)cc2OC)N[C@@H](CC(C)(C)C)[C@@]12C(=O)Nc1cc(Cl)ccc12. The minimum atomic E-state index is -1.50. The van der Waals surface area contributed by atoms with Crippen LogP contribution in [0.1, 0.15) is 43.1 Å². The van der Waals surface area contributed by atoms with E-state index in [0.717, 1.165) is 12.1 Å². The summed E-state index contributed by atoms with van der Waals surface area (Å²) in [4.78, 5) is 39.7. The maximum absolute atomic E-state index is 14.7. The van der Waals surface area contributed by atoms with Crippen LogP contribution in [0.15, 0.2) is 65.7 Å². The largest absolute Gasteiger partial charge is 0.495 e. The summed E-state index contributed by atoms with van der Waals surface area (Å²) < 4.78 is 32.9. The third-order valence-electron chi connectivity index (χ3n) is 7.80. The first-order chi connectivity index (χ1) is 20.6. The van der Waals surface area contributed by atoms with E-state index in [4.69, 9.17) is 27.9 Å². The number of fused-ring (bicyclic) bond motifs is 2. The van der Waals surface area contributed by atoms with Gasteiger partial charge in [0.15, 0.2) is 0 Å². The molecule has 234 valence electrons. The van der Waals surface area contributed by atoms with E-state index < -0.39 is 53.3 Å². The second-order valence-corrected chi connectivity index (χ2v) is 12.9. The van der Waals surface area contributed by atoms with Gasteiger partial charge in [0.25, 0.3) is 0 Å². The smallest absolute Gasteiger partial charge is 0.338 e. The summed E-state index contributed by atoms with van der Waals surface area (Å²) in [5, 5.41) is 18.7. The third-order valence-corrected chi connectivity index (χ3v) is 8.26. The summed E-state index contributed by atoms with van der Waals surface area (Å²) in [6.07, 6.45) is 4.86. The van der Waals surface area contributed by atoms with E-state index in [1.54, 1.807) is 24.3 Å². The number of amides is 2. The third kappa shape index (κ3) is 6.24. The second kappa shape index (κ2) is 12.7. The van der Waals surface area contributed by atoms with Gasteiger partial charge in [-0.25, -0.2) is 13.6 Å². The van der Waals surface area contributed by atoms with Crippen molar-refractivity contribution in [1.82, 2.24) is 5.32 Å². The Morgan fingerprint density at radius 1 is 1.25 bits per heavy atom. The van der Waals surface area contributed by atoms with Gasteiger partial charge in [-0.3, -0.25) is 9.59 Å². The summed E-state index contributed by atoms with van der Waals surface area (Å²) in [6, 6.07) is 5.21. The number of aromatic carboxylic acids is 1. The van der Waals surface area contributed by atoms with E-state index in [1.807, 2.05) is 20.8 Å². The molecule has 0 unspecified atom stereocenters. The van der Waals surface area contributed by atoms with Gasteiger partial charge >= 0.3 is 5.97 Å². The fourth-order valence-electron chi connectivity index (χ4n) is 6.09. The monoisotopic (exact) mass is 647 g/mol. The zero-order chi connectivity index (χ0) is 32.6. The molecule has 2 aliphatic heterocycles. The molecule has 1 fully saturated rings. The average Bonchev–Trinajstić information content (AvgIpc) is 3.41. The van der Waals surface area contributed by atoms with Crippen LogP contribution >= 0.6 is 23.2 Å². The fraction of sp³-hybridized carbons (Fsp3) is 0.344. The predicted octanol–water partition coefficient (Wildman–Crippen LogP) is 6.61. The standard InChI is InChI=1S/C32H33Cl2F2N3O5/c1-16(7-6-8-18(34)15-35)26-27(28(40)37-23-13-21(36)19(29(41)42)12-24(23)44-5)39-25(14-31(2,3)4)32(26)20-10-9-17(33)11-22(20)38-30(32)43/h6-13,25-27,39H,1,14-15H2,2-5H3,(H,37,40)(H,38,43)(H,41,42)/b7-6-,18-8+/t25-,26-,27+,32+/m0/s1. The number of nitrogens with one attached hydrogen (secondary N) is 3. The lowest BCUT2D eigenvalue weighted by Gasteiger charge is -2.37. The van der Waals surface area contributed by atoms with Crippen LogP contribution in [0.4, 0.5) is 20.2 Å². The number of anilines is 2. The van der Waals surface area contributed by atoms with Gasteiger partial charge in [0, 0.05) is 33.8 Å². The molecule has 0 radical (unpaired) electrons. The number of methoxy groups -OCH3 is 1. The van der Waals surface area contributed by atoms with Crippen molar-refractivity contribution < 1.29 is 33.0 Å². The van der Waals surface area contributed by atoms with E-state index >= 15 is 0 Å². The van der Waals surface area contributed by atoms with Gasteiger partial charge in [0.05, 0.1) is 24.4 Å². The van der Waals surface area contributed by atoms with Crippen LogP contribution in [0.3, 0.4) is 0 Å². The van der Waals surface area contributed by atoms with Crippen LogP contribution in [-0.2, 0) is 15.0 Å². The fourth-order valence-corrected chi connectivity index (χ4v) is 6.34. The molecule has 4 atom stereocenters. The first kappa shape index (κ1) is 33.2. The maximum atomic E-state index is 14.7. The number of hydrogen-bond acceptors (Lipinski definition) is 5. The van der Waals surface area contributed by atoms with Crippen LogP contribution in [0.25, 0.3) is 0 Å². The molecule has 2 aromatic rings. The minimum absolute atomic E-state index is 0.0502. The first-order valence-electron chi connectivity index (χ1n) is 13.7. The highest BCUT2D eigenvalue weighted by atomic mass is 35.5. The van der Waals surface area contributed by atoms with Crippen molar-refractivity contribution in [2.24, 2.45) is 11.3 Å². The number of allylic oxidation sites excluding steroid dienone is 4. The molecule has 1 saturated heterocycles. The van der Waals surface area contributed by atoms with Crippen LogP contribution < -0.4 is 20.7 Å². The Bertz CT molecular complexity index is 1590. The summed E-state index contributed by atoms with van der Waals surface area (Å²) in [5.74, 6) is -4.56. The lowest BCUT2D eigenvalue weighted by molar-refractivity contribution is -0.122. The molecule has 1 spiro atoms. The number of benzene rings is 2. The molecule has 4 N–H and O–H groups in total. The van der Waals surface area contributed by atoms with Crippen LogP contribution in [0.2, 0.25) is 5.02 Å². The normalized spacial score (nSPS) is 23.1. The molecule has 0 aromatic heterocycles. The van der Waals surface area contributed by atoms with Gasteiger partial charge in [-0.1, -0.05) is 68.8 Å². The minimum Gasteiger partial charge on any atom is -0.495 e. The van der Waals surface area contributed by atoms with Gasteiger partial charge in [0.1, 0.15) is 23.7 Å². The Kier molecular flexibility index (Phi) is 9.58. The van der Waals surface area contributed by atoms with Gasteiger partial charge in [-0.05, 0) is 47.2 Å². The van der Waals surface area contributed by atoms with Gasteiger partial charge in [-0.15, -0.1) is 0 Å². The summed E-state index contributed by atoms with van der Waals surface area (Å²) >= 11 is 12.1. The van der Waals surface area contributed by atoms with Gasteiger partial charge in [0.2, 0.25) is 11.8 Å².